The minimum absolute atomic E-state index is 0.0673. The van der Waals surface area contributed by atoms with Crippen LogP contribution in [0.4, 0.5) is 5.69 Å². The summed E-state index contributed by atoms with van der Waals surface area (Å²) in [5.41, 5.74) is 4.07. The SMILES string of the molecule is O=C(Nc1ccc(-n2cccn2)cc1)[C@H]1CCCCN1Cc1cc2ccccc2[nH]1. The number of carbonyl (C=O) groups is 1. The number of H-pyrrole nitrogens is 1. The second kappa shape index (κ2) is 8.16. The zero-order chi connectivity index (χ0) is 20.3. The van der Waals surface area contributed by atoms with Gasteiger partial charge in [0.15, 0.2) is 0 Å². The maximum absolute atomic E-state index is 13.1. The second-order valence-electron chi connectivity index (χ2n) is 7.85. The van der Waals surface area contributed by atoms with Gasteiger partial charge in [0.05, 0.1) is 11.7 Å². The predicted molar refractivity (Wildman–Crippen MR) is 119 cm³/mol. The average molecular weight is 399 g/mol. The first-order valence-corrected chi connectivity index (χ1v) is 10.5. The number of fused-ring (bicyclic) bond motifs is 1. The number of amides is 1. The van der Waals surface area contributed by atoms with Gasteiger partial charge in [-0.3, -0.25) is 9.69 Å². The van der Waals surface area contributed by atoms with Crippen LogP contribution in [0.3, 0.4) is 0 Å². The van der Waals surface area contributed by atoms with Crippen molar-refractivity contribution in [2.45, 2.75) is 31.8 Å². The summed E-state index contributed by atoms with van der Waals surface area (Å²) in [6, 6.07) is 20.0. The zero-order valence-corrected chi connectivity index (χ0v) is 16.8. The number of hydrogen-bond acceptors (Lipinski definition) is 3. The van der Waals surface area contributed by atoms with Gasteiger partial charge in [-0.2, -0.15) is 5.10 Å². The highest BCUT2D eigenvalue weighted by molar-refractivity contribution is 5.95. The molecule has 6 nitrogen and oxygen atoms in total. The van der Waals surface area contributed by atoms with Crippen molar-refractivity contribution < 1.29 is 4.79 Å². The summed E-state index contributed by atoms with van der Waals surface area (Å²) < 4.78 is 1.80. The monoisotopic (exact) mass is 399 g/mol. The molecule has 0 aliphatic carbocycles. The van der Waals surface area contributed by atoms with E-state index < -0.39 is 0 Å². The maximum atomic E-state index is 13.1. The largest absolute Gasteiger partial charge is 0.357 e. The van der Waals surface area contributed by atoms with Crippen LogP contribution in [0, 0.1) is 0 Å². The minimum atomic E-state index is -0.115. The van der Waals surface area contributed by atoms with E-state index in [0.29, 0.717) is 0 Å². The molecule has 30 heavy (non-hydrogen) atoms. The molecule has 0 radical (unpaired) electrons. The first-order valence-electron chi connectivity index (χ1n) is 10.5. The molecule has 0 saturated carbocycles. The Hall–Kier alpha value is -3.38. The van der Waals surface area contributed by atoms with Crippen molar-refractivity contribution in [3.8, 4) is 5.69 Å². The van der Waals surface area contributed by atoms with Gasteiger partial charge in [-0.15, -0.1) is 0 Å². The minimum Gasteiger partial charge on any atom is -0.357 e. The quantitative estimate of drug-likeness (QED) is 0.524. The van der Waals surface area contributed by atoms with Crippen LogP contribution in [0.5, 0.6) is 0 Å². The summed E-state index contributed by atoms with van der Waals surface area (Å²) >= 11 is 0. The van der Waals surface area contributed by atoms with Gasteiger partial charge >= 0.3 is 0 Å². The molecule has 1 fully saturated rings. The number of nitrogens with zero attached hydrogens (tertiary/aromatic N) is 3. The molecule has 2 aromatic carbocycles. The maximum Gasteiger partial charge on any atom is 0.241 e. The number of piperidine rings is 1. The van der Waals surface area contributed by atoms with Crippen molar-refractivity contribution in [2.75, 3.05) is 11.9 Å². The Bertz CT molecular complexity index is 1100. The van der Waals surface area contributed by atoms with Gasteiger partial charge in [0.1, 0.15) is 0 Å². The van der Waals surface area contributed by atoms with Gasteiger partial charge in [-0.25, -0.2) is 4.68 Å². The molecule has 1 saturated heterocycles. The number of nitrogens with one attached hydrogen (secondary N) is 2. The molecule has 0 unspecified atom stereocenters. The molecule has 3 heterocycles. The van der Waals surface area contributed by atoms with E-state index in [1.54, 1.807) is 10.9 Å². The number of likely N-dealkylation sites (tertiary alicyclic amines) is 1. The number of rotatable bonds is 5. The Morgan fingerprint density at radius 3 is 2.77 bits per heavy atom. The van der Waals surface area contributed by atoms with Crippen LogP contribution in [0.2, 0.25) is 0 Å². The number of para-hydroxylation sites is 1. The van der Waals surface area contributed by atoms with E-state index in [9.17, 15) is 4.79 Å². The molecule has 1 aliphatic rings. The summed E-state index contributed by atoms with van der Waals surface area (Å²) in [5, 5.41) is 8.55. The summed E-state index contributed by atoms with van der Waals surface area (Å²) in [6.45, 7) is 1.69. The van der Waals surface area contributed by atoms with E-state index in [2.05, 4.69) is 44.6 Å². The van der Waals surface area contributed by atoms with E-state index in [4.69, 9.17) is 0 Å². The Morgan fingerprint density at radius 1 is 1.10 bits per heavy atom. The third kappa shape index (κ3) is 3.86. The second-order valence-corrected chi connectivity index (χ2v) is 7.85. The first-order chi connectivity index (χ1) is 14.8. The standard InChI is InChI=1S/C24H25N5O/c30-24(27-19-9-11-21(12-10-19)29-15-5-13-25-29)23-8-3-4-14-28(23)17-20-16-18-6-1-2-7-22(18)26-20/h1-2,5-7,9-13,15-16,23,26H,3-4,8,14,17H2,(H,27,30)/t23-/m1/s1. The molecule has 152 valence electrons. The fraction of sp³-hybridized carbons (Fsp3) is 0.250. The van der Waals surface area contributed by atoms with Crippen LogP contribution >= 0.6 is 0 Å². The van der Waals surface area contributed by atoms with Gasteiger partial charge in [-0.1, -0.05) is 24.6 Å². The number of aromatic nitrogens is 3. The molecule has 5 rings (SSSR count). The molecule has 6 heteroatoms. The normalized spacial score (nSPS) is 17.3. The fourth-order valence-corrected chi connectivity index (χ4v) is 4.26. The number of hydrogen-bond donors (Lipinski definition) is 2. The lowest BCUT2D eigenvalue weighted by Crippen LogP contribution is -2.46. The predicted octanol–water partition coefficient (Wildman–Crippen LogP) is 4.35. The molecule has 0 bridgehead atoms. The lowest BCUT2D eigenvalue weighted by molar-refractivity contribution is -0.122. The van der Waals surface area contributed by atoms with Gasteiger partial charge in [0.2, 0.25) is 5.91 Å². The summed E-state index contributed by atoms with van der Waals surface area (Å²) in [6.07, 6.45) is 6.75. The van der Waals surface area contributed by atoms with Crippen molar-refractivity contribution in [1.29, 1.82) is 0 Å². The highest BCUT2D eigenvalue weighted by Gasteiger charge is 2.29. The molecule has 2 N–H and O–H groups in total. The molecule has 2 aromatic heterocycles. The smallest absolute Gasteiger partial charge is 0.241 e. The summed E-state index contributed by atoms with van der Waals surface area (Å²) in [4.78, 5) is 18.9. The van der Waals surface area contributed by atoms with Crippen molar-refractivity contribution in [3.05, 3.63) is 78.8 Å². The lowest BCUT2D eigenvalue weighted by atomic mass is 10.0. The van der Waals surface area contributed by atoms with Gasteiger partial charge in [0, 0.05) is 35.8 Å². The Kier molecular flexibility index (Phi) is 5.07. The van der Waals surface area contributed by atoms with Crippen LogP contribution in [-0.4, -0.2) is 38.2 Å². The number of benzene rings is 2. The highest BCUT2D eigenvalue weighted by Crippen LogP contribution is 2.23. The van der Waals surface area contributed by atoms with E-state index in [0.717, 1.165) is 54.9 Å². The van der Waals surface area contributed by atoms with E-state index in [1.807, 2.05) is 42.6 Å². The average Bonchev–Trinajstić information content (AvgIpc) is 3.44. The molecule has 0 spiro atoms. The fourth-order valence-electron chi connectivity index (χ4n) is 4.26. The molecule has 1 aliphatic heterocycles. The van der Waals surface area contributed by atoms with Crippen LogP contribution in [0.1, 0.15) is 25.0 Å². The van der Waals surface area contributed by atoms with Gasteiger partial charge < -0.3 is 10.3 Å². The summed E-state index contributed by atoms with van der Waals surface area (Å²) in [5.74, 6) is 0.0673. The van der Waals surface area contributed by atoms with Crippen LogP contribution in [0.15, 0.2) is 73.1 Å². The molecular formula is C24H25N5O. The number of anilines is 1. The third-order valence-electron chi connectivity index (χ3n) is 5.78. The van der Waals surface area contributed by atoms with Gasteiger partial charge in [0.25, 0.3) is 0 Å². The third-order valence-corrected chi connectivity index (χ3v) is 5.78. The number of carbonyl (C=O) groups excluding carboxylic acids is 1. The number of aromatic amines is 1. The zero-order valence-electron chi connectivity index (χ0n) is 16.8. The van der Waals surface area contributed by atoms with Crippen molar-refractivity contribution in [1.82, 2.24) is 19.7 Å². The van der Waals surface area contributed by atoms with Crippen molar-refractivity contribution >= 4 is 22.5 Å². The lowest BCUT2D eigenvalue weighted by Gasteiger charge is -2.34. The Labute approximate surface area is 175 Å². The Balaban J connectivity index is 1.28. The molecular weight excluding hydrogens is 374 g/mol. The van der Waals surface area contributed by atoms with E-state index in [1.165, 1.54) is 5.39 Å². The van der Waals surface area contributed by atoms with Crippen LogP contribution in [0.25, 0.3) is 16.6 Å². The van der Waals surface area contributed by atoms with E-state index in [-0.39, 0.29) is 11.9 Å². The summed E-state index contributed by atoms with van der Waals surface area (Å²) in [7, 11) is 0. The van der Waals surface area contributed by atoms with Crippen LogP contribution in [-0.2, 0) is 11.3 Å². The first kappa shape index (κ1) is 18.6. The van der Waals surface area contributed by atoms with Crippen LogP contribution < -0.4 is 5.32 Å². The highest BCUT2D eigenvalue weighted by atomic mass is 16.2. The van der Waals surface area contributed by atoms with Crippen molar-refractivity contribution in [3.63, 3.8) is 0 Å². The topological polar surface area (TPSA) is 66.0 Å². The Morgan fingerprint density at radius 2 is 1.97 bits per heavy atom. The van der Waals surface area contributed by atoms with Crippen molar-refractivity contribution in [2.24, 2.45) is 0 Å². The van der Waals surface area contributed by atoms with E-state index >= 15 is 0 Å². The molecule has 4 aromatic rings. The molecule has 1 atom stereocenters. The molecule has 1 amide bonds. The van der Waals surface area contributed by atoms with Gasteiger partial charge in [-0.05, 0) is 67.2 Å².